The second-order valence-electron chi connectivity index (χ2n) is 4.15. The summed E-state index contributed by atoms with van der Waals surface area (Å²) in [5.74, 6) is 0.153. The van der Waals surface area contributed by atoms with Crippen LogP contribution in [-0.2, 0) is 6.42 Å². The van der Waals surface area contributed by atoms with Crippen LogP contribution in [0.2, 0.25) is 0 Å². The molecule has 0 radical (unpaired) electrons. The van der Waals surface area contributed by atoms with Crippen LogP contribution in [0.1, 0.15) is 28.8 Å². The lowest BCUT2D eigenvalue weighted by Gasteiger charge is -2.02. The van der Waals surface area contributed by atoms with E-state index in [1.54, 1.807) is 12.4 Å². The number of carbonyl (C=O) groups excluding carboxylic acids is 1. The Hall–Kier alpha value is -1.48. The standard InChI is InChI=1S/C15H14BrNO/c16-14-9-13(10-17-11-14)15(18)8-4-7-12-5-2-1-3-6-12/h1-3,5-6,9-11H,4,7-8H2. The molecule has 0 amide bonds. The van der Waals surface area contributed by atoms with E-state index in [-0.39, 0.29) is 5.78 Å². The van der Waals surface area contributed by atoms with E-state index in [1.165, 1.54) is 5.56 Å². The van der Waals surface area contributed by atoms with Crippen LogP contribution in [0.4, 0.5) is 0 Å². The number of aryl methyl sites for hydroxylation is 1. The number of carbonyl (C=O) groups is 1. The van der Waals surface area contributed by atoms with Crippen molar-refractivity contribution in [1.29, 1.82) is 0 Å². The van der Waals surface area contributed by atoms with Gasteiger partial charge in [-0.2, -0.15) is 0 Å². The van der Waals surface area contributed by atoms with Gasteiger partial charge in [-0.15, -0.1) is 0 Å². The van der Waals surface area contributed by atoms with Gasteiger partial charge in [-0.05, 0) is 40.4 Å². The monoisotopic (exact) mass is 303 g/mol. The van der Waals surface area contributed by atoms with Gasteiger partial charge >= 0.3 is 0 Å². The van der Waals surface area contributed by atoms with E-state index >= 15 is 0 Å². The Morgan fingerprint density at radius 1 is 1.17 bits per heavy atom. The summed E-state index contributed by atoms with van der Waals surface area (Å²) in [6.07, 6.45) is 5.67. The summed E-state index contributed by atoms with van der Waals surface area (Å²) in [6.45, 7) is 0. The second-order valence-corrected chi connectivity index (χ2v) is 5.07. The first-order valence-corrected chi connectivity index (χ1v) is 6.72. The van der Waals surface area contributed by atoms with E-state index in [0.29, 0.717) is 12.0 Å². The molecule has 2 nitrogen and oxygen atoms in total. The fourth-order valence-corrected chi connectivity index (χ4v) is 2.17. The fraction of sp³-hybridized carbons (Fsp3) is 0.200. The molecular formula is C15H14BrNO. The van der Waals surface area contributed by atoms with Gasteiger partial charge in [-0.25, -0.2) is 0 Å². The first-order chi connectivity index (χ1) is 8.75. The third-order valence-electron chi connectivity index (χ3n) is 2.74. The molecule has 0 atom stereocenters. The zero-order valence-corrected chi connectivity index (χ0v) is 11.6. The molecule has 0 unspecified atom stereocenters. The number of Topliss-reactive ketones (excluding diaryl/α,β-unsaturated/α-hetero) is 1. The van der Waals surface area contributed by atoms with Crippen LogP contribution in [-0.4, -0.2) is 10.8 Å². The number of rotatable bonds is 5. The average molecular weight is 304 g/mol. The highest BCUT2D eigenvalue weighted by Crippen LogP contribution is 2.13. The quantitative estimate of drug-likeness (QED) is 0.780. The van der Waals surface area contributed by atoms with E-state index in [2.05, 4.69) is 33.0 Å². The molecule has 0 fully saturated rings. The predicted molar refractivity (Wildman–Crippen MR) is 75.6 cm³/mol. The zero-order valence-electron chi connectivity index (χ0n) is 9.97. The molecule has 0 saturated carbocycles. The molecule has 92 valence electrons. The predicted octanol–water partition coefficient (Wildman–Crippen LogP) is 4.05. The minimum atomic E-state index is 0.153. The minimum Gasteiger partial charge on any atom is -0.294 e. The van der Waals surface area contributed by atoms with E-state index in [4.69, 9.17) is 0 Å². The van der Waals surface area contributed by atoms with E-state index in [0.717, 1.165) is 17.3 Å². The molecule has 0 bridgehead atoms. The van der Waals surface area contributed by atoms with Crippen molar-refractivity contribution in [3.63, 3.8) is 0 Å². The summed E-state index contributed by atoms with van der Waals surface area (Å²) in [5.41, 5.74) is 1.95. The van der Waals surface area contributed by atoms with Gasteiger partial charge in [0.25, 0.3) is 0 Å². The van der Waals surface area contributed by atoms with Crippen molar-refractivity contribution in [2.24, 2.45) is 0 Å². The van der Waals surface area contributed by atoms with Crippen LogP contribution in [0.3, 0.4) is 0 Å². The summed E-state index contributed by atoms with van der Waals surface area (Å²) >= 11 is 3.32. The first kappa shape index (κ1) is 13.0. The smallest absolute Gasteiger partial charge is 0.164 e. The maximum Gasteiger partial charge on any atom is 0.164 e. The van der Waals surface area contributed by atoms with Gasteiger partial charge in [0, 0.05) is 28.9 Å². The number of pyridine rings is 1. The summed E-state index contributed by atoms with van der Waals surface area (Å²) in [5, 5.41) is 0. The van der Waals surface area contributed by atoms with Gasteiger partial charge in [0.2, 0.25) is 0 Å². The van der Waals surface area contributed by atoms with Crippen LogP contribution in [0.5, 0.6) is 0 Å². The highest BCUT2D eigenvalue weighted by molar-refractivity contribution is 9.10. The molecule has 2 aromatic rings. The normalized spacial score (nSPS) is 10.3. The Balaban J connectivity index is 1.86. The molecule has 0 saturated heterocycles. The van der Waals surface area contributed by atoms with Crippen molar-refractivity contribution in [2.45, 2.75) is 19.3 Å². The molecule has 0 N–H and O–H groups in total. The Morgan fingerprint density at radius 2 is 1.94 bits per heavy atom. The second kappa shape index (κ2) is 6.45. The van der Waals surface area contributed by atoms with Crippen LogP contribution in [0.15, 0.2) is 53.3 Å². The van der Waals surface area contributed by atoms with E-state index < -0.39 is 0 Å². The third kappa shape index (κ3) is 3.77. The van der Waals surface area contributed by atoms with Crippen molar-refractivity contribution in [1.82, 2.24) is 4.98 Å². The Bertz CT molecular complexity index is 525. The molecule has 0 aliphatic heterocycles. The van der Waals surface area contributed by atoms with Gasteiger partial charge < -0.3 is 0 Å². The van der Waals surface area contributed by atoms with Crippen molar-refractivity contribution < 1.29 is 4.79 Å². The summed E-state index contributed by atoms with van der Waals surface area (Å²) in [6, 6.07) is 12.0. The minimum absolute atomic E-state index is 0.153. The molecule has 0 aliphatic carbocycles. The van der Waals surface area contributed by atoms with Crippen molar-refractivity contribution in [3.05, 3.63) is 64.4 Å². The molecular weight excluding hydrogens is 290 g/mol. The molecule has 1 aromatic carbocycles. The number of aromatic nitrogens is 1. The lowest BCUT2D eigenvalue weighted by Crippen LogP contribution is -2.00. The first-order valence-electron chi connectivity index (χ1n) is 5.93. The number of nitrogens with zero attached hydrogens (tertiary/aromatic N) is 1. The molecule has 1 aromatic heterocycles. The SMILES string of the molecule is O=C(CCCc1ccccc1)c1cncc(Br)c1. The largest absolute Gasteiger partial charge is 0.294 e. The zero-order chi connectivity index (χ0) is 12.8. The van der Waals surface area contributed by atoms with Crippen molar-refractivity contribution in [2.75, 3.05) is 0 Å². The number of benzene rings is 1. The Kier molecular flexibility index (Phi) is 4.65. The fourth-order valence-electron chi connectivity index (χ4n) is 1.81. The van der Waals surface area contributed by atoms with Crippen LogP contribution >= 0.6 is 15.9 Å². The van der Waals surface area contributed by atoms with E-state index in [9.17, 15) is 4.79 Å². The Labute approximate surface area is 115 Å². The van der Waals surface area contributed by atoms with Gasteiger partial charge in [0.15, 0.2) is 5.78 Å². The topological polar surface area (TPSA) is 30.0 Å². The summed E-state index contributed by atoms with van der Waals surface area (Å²) in [7, 11) is 0. The van der Waals surface area contributed by atoms with Crippen molar-refractivity contribution >= 4 is 21.7 Å². The number of halogens is 1. The van der Waals surface area contributed by atoms with Crippen LogP contribution in [0, 0.1) is 0 Å². The third-order valence-corrected chi connectivity index (χ3v) is 3.17. The van der Waals surface area contributed by atoms with Gasteiger partial charge in [-0.1, -0.05) is 30.3 Å². The van der Waals surface area contributed by atoms with Crippen LogP contribution < -0.4 is 0 Å². The number of ketones is 1. The number of hydrogen-bond acceptors (Lipinski definition) is 2. The van der Waals surface area contributed by atoms with Crippen LogP contribution in [0.25, 0.3) is 0 Å². The summed E-state index contributed by atoms with van der Waals surface area (Å²) in [4.78, 5) is 15.9. The average Bonchev–Trinajstić information content (AvgIpc) is 2.40. The van der Waals surface area contributed by atoms with Crippen molar-refractivity contribution in [3.8, 4) is 0 Å². The number of hydrogen-bond donors (Lipinski definition) is 0. The lowest BCUT2D eigenvalue weighted by molar-refractivity contribution is 0.0980. The molecule has 1 heterocycles. The maximum absolute atomic E-state index is 11.9. The van der Waals surface area contributed by atoms with Gasteiger partial charge in [0.1, 0.15) is 0 Å². The maximum atomic E-state index is 11.9. The Morgan fingerprint density at radius 3 is 2.67 bits per heavy atom. The molecule has 3 heteroatoms. The summed E-state index contributed by atoms with van der Waals surface area (Å²) < 4.78 is 0.844. The molecule has 0 aliphatic rings. The highest BCUT2D eigenvalue weighted by atomic mass is 79.9. The van der Waals surface area contributed by atoms with Gasteiger partial charge in [-0.3, -0.25) is 9.78 Å². The highest BCUT2D eigenvalue weighted by Gasteiger charge is 2.06. The lowest BCUT2D eigenvalue weighted by atomic mass is 10.0. The molecule has 0 spiro atoms. The molecule has 2 rings (SSSR count). The van der Waals surface area contributed by atoms with E-state index in [1.807, 2.05) is 24.3 Å². The van der Waals surface area contributed by atoms with Gasteiger partial charge in [0.05, 0.1) is 0 Å². The molecule has 18 heavy (non-hydrogen) atoms.